The number of anilines is 1. The third-order valence-corrected chi connectivity index (χ3v) is 3.76. The normalized spacial score (nSPS) is 23.9. The Bertz CT molecular complexity index is 322. The number of benzene rings is 1. The van der Waals surface area contributed by atoms with Gasteiger partial charge in [-0.2, -0.15) is 0 Å². The van der Waals surface area contributed by atoms with Gasteiger partial charge < -0.3 is 9.64 Å². The molecule has 0 aliphatic carbocycles. The Labute approximate surface area is 90.8 Å². The third kappa shape index (κ3) is 1.63. The summed E-state index contributed by atoms with van der Waals surface area (Å²) in [4.78, 5) is 2.49. The average molecular weight is 203 g/mol. The Kier molecular flexibility index (Phi) is 2.17. The standard InChI is InChI=1S/C13H17NO/c1-2-4-12(5-3-1)14-8-6-13(7-9-14)10-15-11-13/h1-5H,6-11H2. The Hall–Kier alpha value is -1.02. The topological polar surface area (TPSA) is 12.5 Å². The lowest BCUT2D eigenvalue weighted by molar-refractivity contribution is -0.124. The lowest BCUT2D eigenvalue weighted by Crippen LogP contribution is -2.50. The summed E-state index contributed by atoms with van der Waals surface area (Å²) >= 11 is 0. The van der Waals surface area contributed by atoms with Gasteiger partial charge in [0, 0.05) is 24.2 Å². The van der Waals surface area contributed by atoms with Gasteiger partial charge in [0.1, 0.15) is 0 Å². The lowest BCUT2D eigenvalue weighted by atomic mass is 9.77. The van der Waals surface area contributed by atoms with E-state index in [2.05, 4.69) is 35.2 Å². The van der Waals surface area contributed by atoms with Crippen LogP contribution in [0, 0.1) is 5.41 Å². The summed E-state index contributed by atoms with van der Waals surface area (Å²) in [6.45, 7) is 4.37. The molecule has 0 N–H and O–H groups in total. The van der Waals surface area contributed by atoms with Gasteiger partial charge in [-0.05, 0) is 25.0 Å². The minimum absolute atomic E-state index is 0.547. The van der Waals surface area contributed by atoms with E-state index >= 15 is 0 Å². The van der Waals surface area contributed by atoms with Crippen molar-refractivity contribution in [1.82, 2.24) is 0 Å². The summed E-state index contributed by atoms with van der Waals surface area (Å²) in [6, 6.07) is 10.7. The van der Waals surface area contributed by atoms with Crippen LogP contribution in [0.1, 0.15) is 12.8 Å². The molecule has 0 aromatic heterocycles. The van der Waals surface area contributed by atoms with E-state index < -0.39 is 0 Å². The van der Waals surface area contributed by atoms with Crippen LogP contribution in [0.2, 0.25) is 0 Å². The van der Waals surface area contributed by atoms with Gasteiger partial charge in [-0.3, -0.25) is 0 Å². The molecule has 0 bridgehead atoms. The highest BCUT2D eigenvalue weighted by molar-refractivity contribution is 5.46. The molecule has 2 heteroatoms. The molecule has 0 saturated carbocycles. The second-order valence-corrected chi connectivity index (χ2v) is 4.82. The molecule has 1 aromatic carbocycles. The maximum atomic E-state index is 5.34. The average Bonchev–Trinajstić information content (AvgIpc) is 2.28. The van der Waals surface area contributed by atoms with Gasteiger partial charge in [-0.15, -0.1) is 0 Å². The largest absolute Gasteiger partial charge is 0.380 e. The fraction of sp³-hybridized carbons (Fsp3) is 0.538. The molecule has 3 rings (SSSR count). The number of para-hydroxylation sites is 1. The van der Waals surface area contributed by atoms with Crippen molar-refractivity contribution in [3.05, 3.63) is 30.3 Å². The molecule has 0 unspecified atom stereocenters. The van der Waals surface area contributed by atoms with Crippen molar-refractivity contribution in [1.29, 1.82) is 0 Å². The van der Waals surface area contributed by atoms with Crippen LogP contribution >= 0.6 is 0 Å². The summed E-state index contributed by atoms with van der Waals surface area (Å²) in [6.07, 6.45) is 2.59. The minimum atomic E-state index is 0.547. The highest BCUT2D eigenvalue weighted by atomic mass is 16.5. The Morgan fingerprint density at radius 3 is 2.20 bits per heavy atom. The monoisotopic (exact) mass is 203 g/mol. The first-order valence-corrected chi connectivity index (χ1v) is 5.76. The molecule has 0 radical (unpaired) electrons. The van der Waals surface area contributed by atoms with Crippen LogP contribution in [0.4, 0.5) is 5.69 Å². The highest BCUT2D eigenvalue weighted by Gasteiger charge is 2.41. The van der Waals surface area contributed by atoms with Crippen LogP contribution in [0.25, 0.3) is 0 Å². The molecule has 80 valence electrons. The molecule has 2 aliphatic heterocycles. The fourth-order valence-corrected chi connectivity index (χ4v) is 2.56. The lowest BCUT2D eigenvalue weighted by Gasteiger charge is -2.47. The quantitative estimate of drug-likeness (QED) is 0.694. The van der Waals surface area contributed by atoms with Crippen LogP contribution in [0.5, 0.6) is 0 Å². The zero-order valence-electron chi connectivity index (χ0n) is 8.98. The molecule has 2 heterocycles. The van der Waals surface area contributed by atoms with Crippen LogP contribution in [0.3, 0.4) is 0 Å². The number of hydrogen-bond donors (Lipinski definition) is 0. The van der Waals surface area contributed by atoms with Crippen molar-refractivity contribution in [3.8, 4) is 0 Å². The number of ether oxygens (including phenoxy) is 1. The minimum Gasteiger partial charge on any atom is -0.380 e. The molecule has 2 aliphatic rings. The summed E-state index contributed by atoms with van der Waals surface area (Å²) in [5.41, 5.74) is 1.92. The van der Waals surface area contributed by atoms with Gasteiger partial charge in [-0.1, -0.05) is 18.2 Å². The highest BCUT2D eigenvalue weighted by Crippen LogP contribution is 2.39. The van der Waals surface area contributed by atoms with Gasteiger partial charge in [-0.25, -0.2) is 0 Å². The van der Waals surface area contributed by atoms with Crippen molar-refractivity contribution in [2.45, 2.75) is 12.8 Å². The first-order chi connectivity index (χ1) is 7.38. The molecule has 2 fully saturated rings. The van der Waals surface area contributed by atoms with E-state index in [-0.39, 0.29) is 0 Å². The van der Waals surface area contributed by atoms with E-state index in [4.69, 9.17) is 4.74 Å². The van der Waals surface area contributed by atoms with E-state index in [1.807, 2.05) is 0 Å². The zero-order chi connectivity index (χ0) is 10.1. The van der Waals surface area contributed by atoms with E-state index in [0.717, 1.165) is 13.2 Å². The number of piperidine rings is 1. The van der Waals surface area contributed by atoms with E-state index in [1.165, 1.54) is 31.6 Å². The second-order valence-electron chi connectivity index (χ2n) is 4.82. The van der Waals surface area contributed by atoms with Crippen molar-refractivity contribution in [2.24, 2.45) is 5.41 Å². The van der Waals surface area contributed by atoms with Gasteiger partial charge in [0.05, 0.1) is 13.2 Å². The smallest absolute Gasteiger partial charge is 0.0546 e. The first-order valence-electron chi connectivity index (χ1n) is 5.76. The second kappa shape index (κ2) is 3.53. The van der Waals surface area contributed by atoms with Crippen LogP contribution in [-0.4, -0.2) is 26.3 Å². The van der Waals surface area contributed by atoms with Crippen LogP contribution in [0.15, 0.2) is 30.3 Å². The molecular weight excluding hydrogens is 186 g/mol. The predicted octanol–water partition coefficient (Wildman–Crippen LogP) is 2.30. The molecule has 0 atom stereocenters. The Morgan fingerprint density at radius 1 is 1.00 bits per heavy atom. The van der Waals surface area contributed by atoms with Crippen molar-refractivity contribution in [3.63, 3.8) is 0 Å². The number of nitrogens with zero attached hydrogens (tertiary/aromatic N) is 1. The summed E-state index contributed by atoms with van der Waals surface area (Å²) in [7, 11) is 0. The van der Waals surface area contributed by atoms with Crippen molar-refractivity contribution in [2.75, 3.05) is 31.2 Å². The number of rotatable bonds is 1. The van der Waals surface area contributed by atoms with Gasteiger partial charge in [0.25, 0.3) is 0 Å². The van der Waals surface area contributed by atoms with Crippen LogP contribution < -0.4 is 4.90 Å². The van der Waals surface area contributed by atoms with Gasteiger partial charge >= 0.3 is 0 Å². The molecule has 0 amide bonds. The first kappa shape index (κ1) is 9.22. The number of hydrogen-bond acceptors (Lipinski definition) is 2. The fourth-order valence-electron chi connectivity index (χ4n) is 2.56. The molecular formula is C13H17NO. The molecule has 2 nitrogen and oxygen atoms in total. The van der Waals surface area contributed by atoms with Crippen LogP contribution in [-0.2, 0) is 4.74 Å². The van der Waals surface area contributed by atoms with Gasteiger partial charge in [0.2, 0.25) is 0 Å². The third-order valence-electron chi connectivity index (χ3n) is 3.76. The maximum absolute atomic E-state index is 5.34. The SMILES string of the molecule is c1ccc(N2CCC3(CC2)COC3)cc1. The Balaban J connectivity index is 1.67. The molecule has 15 heavy (non-hydrogen) atoms. The Morgan fingerprint density at radius 2 is 1.67 bits per heavy atom. The van der Waals surface area contributed by atoms with E-state index in [0.29, 0.717) is 5.41 Å². The van der Waals surface area contributed by atoms with E-state index in [1.54, 1.807) is 0 Å². The molecule has 2 saturated heterocycles. The van der Waals surface area contributed by atoms with Crippen molar-refractivity contribution >= 4 is 5.69 Å². The summed E-state index contributed by atoms with van der Waals surface area (Å²) < 4.78 is 5.34. The molecule has 1 spiro atoms. The van der Waals surface area contributed by atoms with Crippen molar-refractivity contribution < 1.29 is 4.74 Å². The van der Waals surface area contributed by atoms with Gasteiger partial charge in [0.15, 0.2) is 0 Å². The van der Waals surface area contributed by atoms with E-state index in [9.17, 15) is 0 Å². The predicted molar refractivity (Wildman–Crippen MR) is 61.1 cm³/mol. The maximum Gasteiger partial charge on any atom is 0.0546 e. The summed E-state index contributed by atoms with van der Waals surface area (Å²) in [5.74, 6) is 0. The summed E-state index contributed by atoms with van der Waals surface area (Å²) in [5, 5.41) is 0. The zero-order valence-corrected chi connectivity index (χ0v) is 8.98. The molecule has 1 aromatic rings.